The molecule has 6 heteroatoms. The summed E-state index contributed by atoms with van der Waals surface area (Å²) in [5.74, 6) is -0.478. The Morgan fingerprint density at radius 1 is 1.11 bits per heavy atom. The van der Waals surface area contributed by atoms with Gasteiger partial charge in [-0.2, -0.15) is 0 Å². The van der Waals surface area contributed by atoms with Crippen molar-refractivity contribution in [1.29, 1.82) is 0 Å². The zero-order valence-electron chi connectivity index (χ0n) is 10.0. The van der Waals surface area contributed by atoms with Gasteiger partial charge in [-0.3, -0.25) is 4.72 Å². The maximum Gasteiger partial charge on any atom is 0.261 e. The van der Waals surface area contributed by atoms with E-state index in [2.05, 4.69) is 4.72 Å². The highest BCUT2D eigenvalue weighted by molar-refractivity contribution is 14.1. The van der Waals surface area contributed by atoms with Crippen molar-refractivity contribution < 1.29 is 12.8 Å². The van der Waals surface area contributed by atoms with Crippen molar-refractivity contribution in [2.24, 2.45) is 0 Å². The summed E-state index contributed by atoms with van der Waals surface area (Å²) in [6.45, 7) is 1.87. The van der Waals surface area contributed by atoms with Crippen molar-refractivity contribution in [3.05, 3.63) is 57.4 Å². The van der Waals surface area contributed by atoms with Crippen LogP contribution in [0.4, 0.5) is 10.1 Å². The Morgan fingerprint density at radius 3 is 2.32 bits per heavy atom. The summed E-state index contributed by atoms with van der Waals surface area (Å²) in [6.07, 6.45) is 0. The van der Waals surface area contributed by atoms with Gasteiger partial charge in [0.2, 0.25) is 0 Å². The minimum atomic E-state index is -3.68. The normalized spacial score (nSPS) is 11.3. The van der Waals surface area contributed by atoms with Gasteiger partial charge >= 0.3 is 0 Å². The molecule has 100 valence electrons. The second kappa shape index (κ2) is 5.46. The third-order valence-electron chi connectivity index (χ3n) is 2.45. The average Bonchev–Trinajstić information content (AvgIpc) is 2.27. The van der Waals surface area contributed by atoms with Gasteiger partial charge in [-0.05, 0) is 59.8 Å². The van der Waals surface area contributed by atoms with Gasteiger partial charge in [-0.15, -0.1) is 0 Å². The van der Waals surface area contributed by atoms with Crippen LogP contribution in [0, 0.1) is 16.3 Å². The minimum absolute atomic E-state index is 0.150. The summed E-state index contributed by atoms with van der Waals surface area (Å²) in [6, 6.07) is 10.5. The number of hydrogen-bond acceptors (Lipinski definition) is 2. The van der Waals surface area contributed by atoms with Gasteiger partial charge in [0.1, 0.15) is 5.82 Å². The zero-order valence-corrected chi connectivity index (χ0v) is 13.0. The molecule has 0 spiro atoms. The summed E-state index contributed by atoms with van der Waals surface area (Å²) in [7, 11) is -3.68. The fourth-order valence-corrected chi connectivity index (χ4v) is 3.22. The summed E-state index contributed by atoms with van der Waals surface area (Å²) in [4.78, 5) is 0.150. The average molecular weight is 391 g/mol. The van der Waals surface area contributed by atoms with E-state index in [1.807, 2.05) is 29.5 Å². The van der Waals surface area contributed by atoms with Gasteiger partial charge in [-0.1, -0.05) is 17.7 Å². The first-order chi connectivity index (χ1) is 8.87. The molecular weight excluding hydrogens is 380 g/mol. The lowest BCUT2D eigenvalue weighted by molar-refractivity contribution is 0.601. The summed E-state index contributed by atoms with van der Waals surface area (Å²) in [5.41, 5.74) is 1.18. The Bertz CT molecular complexity index is 679. The van der Waals surface area contributed by atoms with Gasteiger partial charge in [0, 0.05) is 3.57 Å². The third-order valence-corrected chi connectivity index (χ3v) is 4.47. The van der Waals surface area contributed by atoms with E-state index in [1.54, 1.807) is 18.2 Å². The smallest absolute Gasteiger partial charge is 0.261 e. The highest BCUT2D eigenvalue weighted by Gasteiger charge is 2.14. The lowest BCUT2D eigenvalue weighted by atomic mass is 10.2. The second-order valence-electron chi connectivity index (χ2n) is 4.08. The van der Waals surface area contributed by atoms with Crippen molar-refractivity contribution >= 4 is 38.3 Å². The lowest BCUT2D eigenvalue weighted by Crippen LogP contribution is -2.13. The van der Waals surface area contributed by atoms with Crippen molar-refractivity contribution in [1.82, 2.24) is 0 Å². The molecular formula is C13H11FINO2S. The van der Waals surface area contributed by atoms with E-state index >= 15 is 0 Å². The number of aryl methyl sites for hydroxylation is 1. The third kappa shape index (κ3) is 3.66. The number of rotatable bonds is 3. The maximum absolute atomic E-state index is 13.2. The molecule has 19 heavy (non-hydrogen) atoms. The SMILES string of the molecule is Cc1ccc(S(=O)(=O)Nc2cc(F)cc(I)c2)cc1. The van der Waals surface area contributed by atoms with Crippen LogP contribution in [0.15, 0.2) is 47.4 Å². The van der Waals surface area contributed by atoms with Gasteiger partial charge in [-0.25, -0.2) is 12.8 Å². The first-order valence-corrected chi connectivity index (χ1v) is 7.98. The molecule has 2 rings (SSSR count). The van der Waals surface area contributed by atoms with Crippen LogP contribution >= 0.6 is 22.6 Å². The van der Waals surface area contributed by atoms with Crippen LogP contribution in [0.25, 0.3) is 0 Å². The van der Waals surface area contributed by atoms with E-state index in [4.69, 9.17) is 0 Å². The summed E-state index contributed by atoms with van der Waals surface area (Å²) >= 11 is 1.93. The Balaban J connectivity index is 2.33. The molecule has 0 unspecified atom stereocenters. The number of anilines is 1. The van der Waals surface area contributed by atoms with Gasteiger partial charge < -0.3 is 0 Å². The highest BCUT2D eigenvalue weighted by atomic mass is 127. The first-order valence-electron chi connectivity index (χ1n) is 5.42. The molecule has 0 radical (unpaired) electrons. The van der Waals surface area contributed by atoms with Crippen molar-refractivity contribution in [2.45, 2.75) is 11.8 Å². The molecule has 0 aliphatic rings. The first kappa shape index (κ1) is 14.3. The predicted molar refractivity (Wildman–Crippen MR) is 81.1 cm³/mol. The molecule has 2 aromatic carbocycles. The predicted octanol–water partition coefficient (Wildman–Crippen LogP) is 3.54. The molecule has 1 N–H and O–H groups in total. The largest absolute Gasteiger partial charge is 0.279 e. The van der Waals surface area contributed by atoms with Crippen LogP contribution in [0.1, 0.15) is 5.56 Å². The van der Waals surface area contributed by atoms with Crippen LogP contribution < -0.4 is 4.72 Å². The van der Waals surface area contributed by atoms with E-state index in [-0.39, 0.29) is 10.6 Å². The molecule has 0 fully saturated rings. The van der Waals surface area contributed by atoms with Crippen LogP contribution in [-0.2, 0) is 10.0 Å². The number of halogens is 2. The van der Waals surface area contributed by atoms with Crippen molar-refractivity contribution in [3.63, 3.8) is 0 Å². The van der Waals surface area contributed by atoms with E-state index in [0.717, 1.165) is 11.6 Å². The topological polar surface area (TPSA) is 46.2 Å². The van der Waals surface area contributed by atoms with Crippen LogP contribution in [-0.4, -0.2) is 8.42 Å². The molecule has 0 aliphatic carbocycles. The van der Waals surface area contributed by atoms with E-state index in [0.29, 0.717) is 3.57 Å². The summed E-state index contributed by atoms with van der Waals surface area (Å²) in [5, 5.41) is 0. The molecule has 0 bridgehead atoms. The monoisotopic (exact) mass is 391 g/mol. The Kier molecular flexibility index (Phi) is 4.10. The number of hydrogen-bond donors (Lipinski definition) is 1. The molecule has 0 amide bonds. The Morgan fingerprint density at radius 2 is 1.74 bits per heavy atom. The van der Waals surface area contributed by atoms with Crippen LogP contribution in [0.5, 0.6) is 0 Å². The molecule has 0 aromatic heterocycles. The Hall–Kier alpha value is -1.15. The van der Waals surface area contributed by atoms with Crippen molar-refractivity contribution in [2.75, 3.05) is 4.72 Å². The molecule has 3 nitrogen and oxygen atoms in total. The zero-order chi connectivity index (χ0) is 14.0. The fraction of sp³-hybridized carbons (Fsp3) is 0.0769. The van der Waals surface area contributed by atoms with E-state index < -0.39 is 15.8 Å². The minimum Gasteiger partial charge on any atom is -0.279 e. The second-order valence-corrected chi connectivity index (χ2v) is 7.00. The maximum atomic E-state index is 13.2. The molecule has 0 heterocycles. The Labute approximate surface area is 125 Å². The van der Waals surface area contributed by atoms with Crippen LogP contribution in [0.2, 0.25) is 0 Å². The molecule has 2 aromatic rings. The molecule has 0 saturated heterocycles. The standard InChI is InChI=1S/C13H11FINO2S/c1-9-2-4-13(5-3-9)19(17,18)16-12-7-10(14)6-11(15)8-12/h2-8,16H,1H3. The van der Waals surface area contributed by atoms with Gasteiger partial charge in [0.25, 0.3) is 10.0 Å². The molecule has 0 saturated carbocycles. The van der Waals surface area contributed by atoms with Crippen molar-refractivity contribution in [3.8, 4) is 0 Å². The number of benzene rings is 2. The fourth-order valence-electron chi connectivity index (χ4n) is 1.54. The quantitative estimate of drug-likeness (QED) is 0.814. The highest BCUT2D eigenvalue weighted by Crippen LogP contribution is 2.20. The summed E-state index contributed by atoms with van der Waals surface area (Å²) < 4.78 is 40.4. The van der Waals surface area contributed by atoms with E-state index in [9.17, 15) is 12.8 Å². The lowest BCUT2D eigenvalue weighted by Gasteiger charge is -2.09. The molecule has 0 aliphatic heterocycles. The van der Waals surface area contributed by atoms with Gasteiger partial charge in [0.15, 0.2) is 0 Å². The number of sulfonamides is 1. The number of nitrogens with one attached hydrogen (secondary N) is 1. The van der Waals surface area contributed by atoms with E-state index in [1.165, 1.54) is 18.2 Å². The van der Waals surface area contributed by atoms with Crippen LogP contribution in [0.3, 0.4) is 0 Å². The van der Waals surface area contributed by atoms with Gasteiger partial charge in [0.05, 0.1) is 10.6 Å². The molecule has 0 atom stereocenters.